The van der Waals surface area contributed by atoms with Gasteiger partial charge in [0.2, 0.25) is 0 Å². The number of pyridine rings is 1. The van der Waals surface area contributed by atoms with Crippen molar-refractivity contribution in [3.05, 3.63) is 27.8 Å². The number of hydrogen-bond acceptors (Lipinski definition) is 2. The first-order valence-electron chi connectivity index (χ1n) is 2.73. The lowest BCUT2D eigenvalue weighted by Crippen LogP contribution is -1.95. The lowest BCUT2D eigenvalue weighted by Gasteiger charge is -1.99. The molecule has 1 aromatic rings. The predicted molar refractivity (Wildman–Crippen MR) is 44.4 cm³/mol. The Labute approximate surface area is 82.3 Å². The Hall–Kier alpha value is -0.380. The molecule has 0 atom stereocenters. The zero-order valence-corrected chi connectivity index (χ0v) is 7.71. The second kappa shape index (κ2) is 3.56. The van der Waals surface area contributed by atoms with E-state index in [0.717, 1.165) is 6.20 Å². The molecular weight excluding hydrogens is 227 g/mol. The van der Waals surface area contributed by atoms with Crippen LogP contribution < -0.4 is 0 Å². The van der Waals surface area contributed by atoms with Gasteiger partial charge in [0.25, 0.3) is 5.24 Å². The maximum Gasteiger partial charge on any atom is 0.255 e. The molecule has 1 rings (SSSR count). The standard InChI is InChI=1S/C6HCl3FNO/c7-3-2(6(9)12)1-11-5(8)4(3)10/h1H. The van der Waals surface area contributed by atoms with Crippen LogP contribution in [0.2, 0.25) is 10.2 Å². The molecule has 0 aliphatic rings. The number of halogens is 4. The van der Waals surface area contributed by atoms with Crippen LogP contribution in [-0.2, 0) is 0 Å². The normalized spacial score (nSPS) is 10.0. The fraction of sp³-hybridized carbons (Fsp3) is 0. The van der Waals surface area contributed by atoms with Crippen LogP contribution in [0.4, 0.5) is 4.39 Å². The van der Waals surface area contributed by atoms with Crippen molar-refractivity contribution in [3.8, 4) is 0 Å². The minimum absolute atomic E-state index is 0.194. The number of carbonyl (C=O) groups is 1. The molecule has 0 bridgehead atoms. The highest BCUT2D eigenvalue weighted by Gasteiger charge is 2.15. The topological polar surface area (TPSA) is 30.0 Å². The van der Waals surface area contributed by atoms with Gasteiger partial charge in [-0.1, -0.05) is 23.2 Å². The van der Waals surface area contributed by atoms with Crippen LogP contribution in [0, 0.1) is 5.82 Å². The number of rotatable bonds is 1. The van der Waals surface area contributed by atoms with E-state index in [1.165, 1.54) is 0 Å². The molecule has 0 aliphatic carbocycles. The van der Waals surface area contributed by atoms with Gasteiger partial charge in [0, 0.05) is 6.20 Å². The summed E-state index contributed by atoms with van der Waals surface area (Å²) in [5, 5.41) is -1.67. The van der Waals surface area contributed by atoms with Gasteiger partial charge in [0.15, 0.2) is 11.0 Å². The third kappa shape index (κ3) is 1.68. The minimum Gasteiger partial charge on any atom is -0.275 e. The Morgan fingerprint density at radius 2 is 2.08 bits per heavy atom. The van der Waals surface area contributed by atoms with E-state index in [9.17, 15) is 9.18 Å². The molecule has 64 valence electrons. The Bertz CT molecular complexity index is 342. The number of carbonyl (C=O) groups excluding carboxylic acids is 1. The van der Waals surface area contributed by atoms with Gasteiger partial charge >= 0.3 is 0 Å². The summed E-state index contributed by atoms with van der Waals surface area (Å²) < 4.78 is 12.8. The second-order valence-corrected chi connectivity index (χ2v) is 2.94. The molecule has 0 N–H and O–H groups in total. The predicted octanol–water partition coefficient (Wildman–Crippen LogP) is 2.91. The van der Waals surface area contributed by atoms with Crippen molar-refractivity contribution < 1.29 is 9.18 Å². The summed E-state index contributed by atoms with van der Waals surface area (Å²) in [6, 6.07) is 0. The molecule has 0 saturated heterocycles. The van der Waals surface area contributed by atoms with Gasteiger partial charge in [0.05, 0.1) is 10.6 Å². The van der Waals surface area contributed by atoms with Crippen molar-refractivity contribution >= 4 is 40.0 Å². The average molecular weight is 228 g/mol. The van der Waals surface area contributed by atoms with Crippen LogP contribution in [0.3, 0.4) is 0 Å². The minimum atomic E-state index is -0.940. The van der Waals surface area contributed by atoms with Crippen molar-refractivity contribution in [2.45, 2.75) is 0 Å². The maximum absolute atomic E-state index is 12.8. The van der Waals surface area contributed by atoms with E-state index in [4.69, 9.17) is 34.8 Å². The Morgan fingerprint density at radius 3 is 2.58 bits per heavy atom. The van der Waals surface area contributed by atoms with E-state index < -0.39 is 16.1 Å². The van der Waals surface area contributed by atoms with Crippen LogP contribution in [0.15, 0.2) is 6.20 Å². The van der Waals surface area contributed by atoms with E-state index in [2.05, 4.69) is 4.98 Å². The van der Waals surface area contributed by atoms with Crippen LogP contribution in [-0.4, -0.2) is 10.2 Å². The van der Waals surface area contributed by atoms with E-state index in [0.29, 0.717) is 0 Å². The zero-order valence-electron chi connectivity index (χ0n) is 5.44. The summed E-state index contributed by atoms with van der Waals surface area (Å²) in [5.74, 6) is -0.940. The SMILES string of the molecule is O=C(Cl)c1cnc(Cl)c(F)c1Cl. The quantitative estimate of drug-likeness (QED) is 0.546. The van der Waals surface area contributed by atoms with E-state index in [1.807, 2.05) is 0 Å². The average Bonchev–Trinajstić information content (AvgIpc) is 2.00. The molecular formula is C6HCl3FNO. The number of aromatic nitrogens is 1. The second-order valence-electron chi connectivity index (χ2n) is 1.86. The largest absolute Gasteiger partial charge is 0.275 e. The summed E-state index contributed by atoms with van der Waals surface area (Å²) in [4.78, 5) is 13.9. The van der Waals surface area contributed by atoms with E-state index >= 15 is 0 Å². The molecule has 0 aromatic carbocycles. The molecule has 0 saturated carbocycles. The fourth-order valence-corrected chi connectivity index (χ4v) is 1.19. The van der Waals surface area contributed by atoms with Gasteiger partial charge in [-0.3, -0.25) is 4.79 Å². The smallest absolute Gasteiger partial charge is 0.255 e. The first-order chi connectivity index (χ1) is 5.54. The molecule has 1 aromatic heterocycles. The number of nitrogens with zero attached hydrogens (tertiary/aromatic N) is 1. The summed E-state index contributed by atoms with van der Waals surface area (Å²) in [6.45, 7) is 0. The monoisotopic (exact) mass is 227 g/mol. The third-order valence-electron chi connectivity index (χ3n) is 1.13. The summed E-state index contributed by atoms with van der Waals surface area (Å²) in [5.41, 5.74) is -0.194. The first kappa shape index (κ1) is 9.71. The lowest BCUT2D eigenvalue weighted by atomic mass is 10.3. The summed E-state index contributed by atoms with van der Waals surface area (Å²) >= 11 is 15.7. The molecule has 2 nitrogen and oxygen atoms in total. The first-order valence-corrected chi connectivity index (χ1v) is 3.86. The van der Waals surface area contributed by atoms with Gasteiger partial charge in [-0.15, -0.1) is 0 Å². The molecule has 0 radical (unpaired) electrons. The van der Waals surface area contributed by atoms with Gasteiger partial charge in [-0.25, -0.2) is 9.37 Å². The van der Waals surface area contributed by atoms with E-state index in [-0.39, 0.29) is 10.7 Å². The number of hydrogen-bond donors (Lipinski definition) is 0. The van der Waals surface area contributed by atoms with Crippen LogP contribution in [0.5, 0.6) is 0 Å². The summed E-state index contributed by atoms with van der Waals surface area (Å²) in [6.07, 6.45) is 1.02. The Morgan fingerprint density at radius 1 is 1.50 bits per heavy atom. The molecule has 0 unspecified atom stereocenters. The molecule has 6 heteroatoms. The van der Waals surface area contributed by atoms with Crippen LogP contribution in [0.25, 0.3) is 0 Å². The van der Waals surface area contributed by atoms with Gasteiger partial charge < -0.3 is 0 Å². The third-order valence-corrected chi connectivity index (χ3v) is 1.97. The summed E-state index contributed by atoms with van der Waals surface area (Å²) in [7, 11) is 0. The van der Waals surface area contributed by atoms with Crippen LogP contribution >= 0.6 is 34.8 Å². The van der Waals surface area contributed by atoms with E-state index in [1.54, 1.807) is 0 Å². The maximum atomic E-state index is 12.8. The van der Waals surface area contributed by atoms with Crippen molar-refractivity contribution in [2.24, 2.45) is 0 Å². The fourth-order valence-electron chi connectivity index (χ4n) is 0.580. The highest BCUT2D eigenvalue weighted by molar-refractivity contribution is 6.68. The molecule has 0 spiro atoms. The van der Waals surface area contributed by atoms with Crippen molar-refractivity contribution in [3.63, 3.8) is 0 Å². The van der Waals surface area contributed by atoms with Gasteiger partial charge in [0.1, 0.15) is 0 Å². The van der Waals surface area contributed by atoms with Crippen molar-refractivity contribution in [2.75, 3.05) is 0 Å². The Kier molecular flexibility index (Phi) is 2.88. The van der Waals surface area contributed by atoms with Crippen LogP contribution in [0.1, 0.15) is 10.4 Å². The van der Waals surface area contributed by atoms with Crippen molar-refractivity contribution in [1.82, 2.24) is 4.98 Å². The highest BCUT2D eigenvalue weighted by atomic mass is 35.5. The molecule has 12 heavy (non-hydrogen) atoms. The van der Waals surface area contributed by atoms with Gasteiger partial charge in [-0.05, 0) is 11.6 Å². The lowest BCUT2D eigenvalue weighted by molar-refractivity contribution is 0.108. The van der Waals surface area contributed by atoms with Gasteiger partial charge in [-0.2, -0.15) is 0 Å². The molecule has 0 aliphatic heterocycles. The highest BCUT2D eigenvalue weighted by Crippen LogP contribution is 2.24. The van der Waals surface area contributed by atoms with Crippen molar-refractivity contribution in [1.29, 1.82) is 0 Å². The zero-order chi connectivity index (χ0) is 9.30. The molecule has 1 heterocycles. The molecule has 0 fully saturated rings. The molecule has 0 amide bonds. The Balaban J connectivity index is 3.36.